The number of ketones is 1. The molecule has 0 radical (unpaired) electrons. The standard InChI is InChI=1S/C33H61N3O8/c1-21(19-34(8)9)18-33(7,41-12)29(44-30-27(38)26(35(10)11)17-22(2)43-30)23(3)28(39)32(5,6)31(40)42-16-14-25-13-15-36(20-25)24(4)37/h21-23,25-27,29-30,38H,13-20H2,1-12H3/t21-,22-,23+,25-,26+,27-,29-,30+,33-/m1/s1. The molecule has 0 bridgehead atoms. The predicted molar refractivity (Wildman–Crippen MR) is 169 cm³/mol. The molecule has 0 aromatic rings. The second-order valence-electron chi connectivity index (χ2n) is 14.5. The number of carbonyl (C=O) groups excluding carboxylic acids is 3. The van der Waals surface area contributed by atoms with Gasteiger partial charge < -0.3 is 38.8 Å². The van der Waals surface area contributed by atoms with Crippen LogP contribution in [0, 0.1) is 23.2 Å². The van der Waals surface area contributed by atoms with Crippen LogP contribution in [-0.4, -0.2) is 135 Å². The quantitative estimate of drug-likeness (QED) is 0.202. The summed E-state index contributed by atoms with van der Waals surface area (Å²) in [5.74, 6) is -1.20. The third kappa shape index (κ3) is 9.93. The van der Waals surface area contributed by atoms with Crippen molar-refractivity contribution in [2.24, 2.45) is 23.2 Å². The Kier molecular flexibility index (Phi) is 14.3. The zero-order chi connectivity index (χ0) is 33.6. The summed E-state index contributed by atoms with van der Waals surface area (Å²) in [5.41, 5.74) is -2.38. The lowest BCUT2D eigenvalue weighted by atomic mass is 9.74. The summed E-state index contributed by atoms with van der Waals surface area (Å²) in [4.78, 5) is 45.0. The number of likely N-dealkylation sites (tertiary alicyclic amines) is 1. The largest absolute Gasteiger partial charge is 0.465 e. The van der Waals surface area contributed by atoms with Crippen LogP contribution in [0.5, 0.6) is 0 Å². The Balaban J connectivity index is 2.27. The highest BCUT2D eigenvalue weighted by molar-refractivity contribution is 6.04. The molecule has 9 atom stereocenters. The summed E-state index contributed by atoms with van der Waals surface area (Å²) in [7, 11) is 9.45. The zero-order valence-corrected chi connectivity index (χ0v) is 29.4. The van der Waals surface area contributed by atoms with Gasteiger partial charge in [0.05, 0.1) is 24.4 Å². The fraction of sp³-hybridized carbons (Fsp3) is 0.909. The lowest BCUT2D eigenvalue weighted by molar-refractivity contribution is -0.295. The minimum absolute atomic E-state index is 0.0546. The van der Waals surface area contributed by atoms with Crippen LogP contribution in [0.3, 0.4) is 0 Å². The molecule has 2 heterocycles. The van der Waals surface area contributed by atoms with E-state index in [0.717, 1.165) is 19.5 Å². The molecule has 11 heteroatoms. The van der Waals surface area contributed by atoms with Crippen molar-refractivity contribution in [3.8, 4) is 0 Å². The monoisotopic (exact) mass is 627 g/mol. The molecule has 0 aromatic carbocycles. The van der Waals surface area contributed by atoms with Gasteiger partial charge in [-0.15, -0.1) is 0 Å². The van der Waals surface area contributed by atoms with Crippen LogP contribution in [0.2, 0.25) is 0 Å². The second kappa shape index (κ2) is 16.3. The van der Waals surface area contributed by atoms with Gasteiger partial charge in [0.15, 0.2) is 12.1 Å². The van der Waals surface area contributed by atoms with E-state index in [2.05, 4.69) is 11.8 Å². The molecule has 0 aromatic heterocycles. The lowest BCUT2D eigenvalue weighted by Crippen LogP contribution is -2.59. The van der Waals surface area contributed by atoms with Crippen LogP contribution in [0.1, 0.15) is 74.1 Å². The van der Waals surface area contributed by atoms with E-state index in [0.29, 0.717) is 25.8 Å². The summed E-state index contributed by atoms with van der Waals surface area (Å²) >= 11 is 0. The van der Waals surface area contributed by atoms with Crippen LogP contribution in [0.25, 0.3) is 0 Å². The molecule has 11 nitrogen and oxygen atoms in total. The molecule has 0 spiro atoms. The average molecular weight is 628 g/mol. The van der Waals surface area contributed by atoms with Crippen LogP contribution in [0.4, 0.5) is 0 Å². The molecule has 0 saturated carbocycles. The van der Waals surface area contributed by atoms with E-state index in [1.165, 1.54) is 0 Å². The van der Waals surface area contributed by atoms with Gasteiger partial charge in [-0.3, -0.25) is 14.4 Å². The van der Waals surface area contributed by atoms with E-state index in [-0.39, 0.29) is 42.3 Å². The molecule has 1 N–H and O–H groups in total. The van der Waals surface area contributed by atoms with Crippen molar-refractivity contribution < 1.29 is 38.4 Å². The number of Topliss-reactive ketones (excluding diaryl/α,β-unsaturated/α-hetero) is 1. The normalized spacial score (nSPS) is 28.1. The third-order valence-corrected chi connectivity index (χ3v) is 9.54. The number of rotatable bonds is 16. The third-order valence-electron chi connectivity index (χ3n) is 9.54. The predicted octanol–water partition coefficient (Wildman–Crippen LogP) is 2.82. The number of esters is 1. The molecule has 1 amide bonds. The van der Waals surface area contributed by atoms with Crippen molar-refractivity contribution in [1.29, 1.82) is 0 Å². The Morgan fingerprint density at radius 3 is 2.27 bits per heavy atom. The van der Waals surface area contributed by atoms with E-state index in [9.17, 15) is 19.5 Å². The number of likely N-dealkylation sites (N-methyl/N-ethyl adjacent to an activating group) is 1. The van der Waals surface area contributed by atoms with E-state index in [4.69, 9.17) is 18.9 Å². The number of ether oxygens (including phenoxy) is 4. The van der Waals surface area contributed by atoms with Crippen LogP contribution in [0.15, 0.2) is 0 Å². The molecular weight excluding hydrogens is 566 g/mol. The number of nitrogens with zero attached hydrogens (tertiary/aromatic N) is 3. The van der Waals surface area contributed by atoms with Gasteiger partial charge in [-0.2, -0.15) is 0 Å². The summed E-state index contributed by atoms with van der Waals surface area (Å²) in [6.45, 7) is 14.9. The molecule has 2 saturated heterocycles. The Labute approximate surface area is 265 Å². The van der Waals surface area contributed by atoms with Gasteiger partial charge >= 0.3 is 5.97 Å². The molecule has 2 fully saturated rings. The number of amides is 1. The van der Waals surface area contributed by atoms with Crippen LogP contribution < -0.4 is 0 Å². The number of hydrogen-bond acceptors (Lipinski definition) is 10. The minimum Gasteiger partial charge on any atom is -0.465 e. The maximum Gasteiger partial charge on any atom is 0.319 e. The Bertz CT molecular complexity index is 959. The first-order chi connectivity index (χ1) is 20.3. The number of aliphatic hydroxyl groups is 1. The van der Waals surface area contributed by atoms with Gasteiger partial charge in [0, 0.05) is 45.6 Å². The number of carbonyl (C=O) groups is 3. The lowest BCUT2D eigenvalue weighted by Gasteiger charge is -2.47. The van der Waals surface area contributed by atoms with E-state index >= 15 is 0 Å². The number of hydrogen-bond donors (Lipinski definition) is 1. The van der Waals surface area contributed by atoms with Crippen molar-refractivity contribution in [2.45, 2.75) is 110 Å². The molecule has 2 aliphatic heterocycles. The molecule has 2 aliphatic rings. The smallest absolute Gasteiger partial charge is 0.319 e. The van der Waals surface area contributed by atoms with Gasteiger partial charge in [0.1, 0.15) is 11.5 Å². The topological polar surface area (TPSA) is 118 Å². The van der Waals surface area contributed by atoms with Gasteiger partial charge in [0.25, 0.3) is 0 Å². The highest BCUT2D eigenvalue weighted by Gasteiger charge is 2.51. The maximum absolute atomic E-state index is 14.2. The van der Waals surface area contributed by atoms with Gasteiger partial charge in [0.2, 0.25) is 5.91 Å². The number of aliphatic hydroxyl groups excluding tert-OH is 1. The molecule has 44 heavy (non-hydrogen) atoms. The van der Waals surface area contributed by atoms with Gasteiger partial charge in [-0.05, 0) is 93.4 Å². The molecule has 0 aliphatic carbocycles. The summed E-state index contributed by atoms with van der Waals surface area (Å²) < 4.78 is 24.5. The average Bonchev–Trinajstić information content (AvgIpc) is 3.40. The summed E-state index contributed by atoms with van der Waals surface area (Å²) in [6.07, 6.45) is -0.212. The van der Waals surface area contributed by atoms with Crippen molar-refractivity contribution >= 4 is 17.7 Å². The first kappa shape index (κ1) is 38.6. The van der Waals surface area contributed by atoms with Crippen LogP contribution in [-0.2, 0) is 33.3 Å². The summed E-state index contributed by atoms with van der Waals surface area (Å²) in [6, 6.07) is -0.189. The Hall–Kier alpha value is -1.63. The number of methoxy groups -OCH3 is 1. The van der Waals surface area contributed by atoms with Crippen molar-refractivity contribution in [3.05, 3.63) is 0 Å². The molecule has 0 unspecified atom stereocenters. The molecular formula is C33H61N3O8. The fourth-order valence-electron chi connectivity index (χ4n) is 6.95. The Morgan fingerprint density at radius 1 is 1.11 bits per heavy atom. The van der Waals surface area contributed by atoms with Crippen molar-refractivity contribution in [2.75, 3.05) is 61.5 Å². The first-order valence-electron chi connectivity index (χ1n) is 16.2. The van der Waals surface area contributed by atoms with Crippen LogP contribution >= 0.6 is 0 Å². The van der Waals surface area contributed by atoms with E-state index < -0.39 is 41.4 Å². The minimum atomic E-state index is -1.45. The summed E-state index contributed by atoms with van der Waals surface area (Å²) in [5, 5.41) is 11.3. The van der Waals surface area contributed by atoms with Crippen molar-refractivity contribution in [3.63, 3.8) is 0 Å². The van der Waals surface area contributed by atoms with Gasteiger partial charge in [-0.25, -0.2) is 0 Å². The highest BCUT2D eigenvalue weighted by atomic mass is 16.7. The highest BCUT2D eigenvalue weighted by Crippen LogP contribution is 2.38. The fourth-order valence-corrected chi connectivity index (χ4v) is 6.95. The van der Waals surface area contributed by atoms with Crippen molar-refractivity contribution in [1.82, 2.24) is 14.7 Å². The van der Waals surface area contributed by atoms with E-state index in [1.54, 1.807) is 34.8 Å². The molecule has 256 valence electrons. The zero-order valence-electron chi connectivity index (χ0n) is 29.4. The van der Waals surface area contributed by atoms with Gasteiger partial charge in [-0.1, -0.05) is 13.8 Å². The van der Waals surface area contributed by atoms with E-state index in [1.807, 2.05) is 51.8 Å². The Morgan fingerprint density at radius 2 is 1.75 bits per heavy atom. The molecule has 2 rings (SSSR count). The first-order valence-corrected chi connectivity index (χ1v) is 16.2. The second-order valence-corrected chi connectivity index (χ2v) is 14.5. The maximum atomic E-state index is 14.2. The SMILES string of the molecule is CO[C@](C)(C[C@@H](C)CN(C)C)[C@H](O[C@@H]1O[C@H](C)C[C@H](N(C)C)[C@H]1O)[C@@H](C)C(=O)C(C)(C)C(=O)OCC[C@H]1CCN(C(C)=O)C1.